The summed E-state index contributed by atoms with van der Waals surface area (Å²) in [6.45, 7) is 2.25. The van der Waals surface area contributed by atoms with Crippen LogP contribution in [0.3, 0.4) is 0 Å². The molecule has 0 radical (unpaired) electrons. The van der Waals surface area contributed by atoms with Gasteiger partial charge in [0.05, 0.1) is 7.11 Å². The van der Waals surface area contributed by atoms with Crippen LogP contribution in [0.1, 0.15) is 30.3 Å². The zero-order valence-electron chi connectivity index (χ0n) is 15.0. The molecule has 0 aliphatic heterocycles. The maximum Gasteiger partial charge on any atom is 0.245 e. The Morgan fingerprint density at radius 2 is 2.23 bits per heavy atom. The van der Waals surface area contributed by atoms with Gasteiger partial charge in [0.1, 0.15) is 17.6 Å². The van der Waals surface area contributed by atoms with Crippen LogP contribution >= 0.6 is 12.4 Å². The molecule has 1 aromatic carbocycles. The van der Waals surface area contributed by atoms with Crippen molar-refractivity contribution in [1.82, 2.24) is 25.5 Å². The predicted molar refractivity (Wildman–Crippen MR) is 99.2 cm³/mol. The van der Waals surface area contributed by atoms with Gasteiger partial charge in [0, 0.05) is 19.0 Å². The van der Waals surface area contributed by atoms with Gasteiger partial charge in [-0.15, -0.1) is 17.5 Å². The van der Waals surface area contributed by atoms with Crippen LogP contribution in [0.2, 0.25) is 0 Å². The van der Waals surface area contributed by atoms with Gasteiger partial charge in [0.15, 0.2) is 0 Å². The molecule has 2 aromatic rings. The highest BCUT2D eigenvalue weighted by molar-refractivity contribution is 5.85. The van der Waals surface area contributed by atoms with Gasteiger partial charge in [-0.25, -0.2) is 4.68 Å². The van der Waals surface area contributed by atoms with Gasteiger partial charge in [-0.2, -0.15) is 0 Å². The second kappa shape index (κ2) is 8.95. The minimum Gasteiger partial charge on any atom is -0.497 e. The zero-order chi connectivity index (χ0) is 17.8. The van der Waals surface area contributed by atoms with Crippen LogP contribution in [0, 0.1) is 12.8 Å². The van der Waals surface area contributed by atoms with Crippen molar-refractivity contribution in [2.24, 2.45) is 11.7 Å². The van der Waals surface area contributed by atoms with E-state index >= 15 is 0 Å². The number of tetrazole rings is 1. The third-order valence-corrected chi connectivity index (χ3v) is 4.56. The summed E-state index contributed by atoms with van der Waals surface area (Å²) in [5.41, 5.74) is 7.06. The molecule has 9 heteroatoms. The molecule has 1 amide bonds. The first-order chi connectivity index (χ1) is 12.1. The number of halogens is 1. The molecule has 1 heterocycles. The van der Waals surface area contributed by atoms with Crippen molar-refractivity contribution in [3.63, 3.8) is 0 Å². The summed E-state index contributed by atoms with van der Waals surface area (Å²) in [6, 6.07) is 7.12. The lowest BCUT2D eigenvalue weighted by atomic mass is 10.0. The molecule has 1 aliphatic rings. The Balaban J connectivity index is 0.00000243. The van der Waals surface area contributed by atoms with Crippen molar-refractivity contribution in [2.75, 3.05) is 13.7 Å². The third kappa shape index (κ3) is 4.92. The fourth-order valence-electron chi connectivity index (χ4n) is 2.87. The molecule has 0 saturated heterocycles. The highest BCUT2D eigenvalue weighted by Crippen LogP contribution is 2.31. The summed E-state index contributed by atoms with van der Waals surface area (Å²) in [6.07, 6.45) is 2.76. The van der Waals surface area contributed by atoms with Crippen LogP contribution in [0.25, 0.3) is 0 Å². The van der Waals surface area contributed by atoms with Gasteiger partial charge in [-0.1, -0.05) is 12.1 Å². The molecule has 142 valence electrons. The molecular weight excluding hydrogens is 356 g/mol. The van der Waals surface area contributed by atoms with Crippen molar-refractivity contribution >= 4 is 18.3 Å². The number of nitrogens with one attached hydrogen (secondary N) is 1. The van der Waals surface area contributed by atoms with E-state index in [0.717, 1.165) is 24.2 Å². The van der Waals surface area contributed by atoms with E-state index in [1.807, 2.05) is 24.3 Å². The number of aromatic nitrogens is 4. The smallest absolute Gasteiger partial charge is 0.245 e. The van der Waals surface area contributed by atoms with E-state index in [4.69, 9.17) is 10.5 Å². The predicted octanol–water partition coefficient (Wildman–Crippen LogP) is 1.05. The minimum atomic E-state index is -0.534. The number of rotatable bonds is 8. The van der Waals surface area contributed by atoms with E-state index in [-0.39, 0.29) is 24.4 Å². The topological polar surface area (TPSA) is 108 Å². The summed E-state index contributed by atoms with van der Waals surface area (Å²) >= 11 is 0. The molecule has 26 heavy (non-hydrogen) atoms. The van der Waals surface area contributed by atoms with E-state index in [1.54, 1.807) is 18.7 Å². The lowest BCUT2D eigenvalue weighted by molar-refractivity contribution is -0.124. The maximum absolute atomic E-state index is 12.8. The van der Waals surface area contributed by atoms with Gasteiger partial charge in [0.25, 0.3) is 0 Å². The molecule has 2 unspecified atom stereocenters. The van der Waals surface area contributed by atoms with E-state index in [2.05, 4.69) is 20.8 Å². The molecule has 3 rings (SSSR count). The monoisotopic (exact) mass is 380 g/mol. The van der Waals surface area contributed by atoms with E-state index in [9.17, 15) is 4.79 Å². The van der Waals surface area contributed by atoms with E-state index in [1.165, 1.54) is 0 Å². The summed E-state index contributed by atoms with van der Waals surface area (Å²) in [5.74, 6) is 1.75. The number of carbonyl (C=O) groups excluding carboxylic acids is 1. The third-order valence-electron chi connectivity index (χ3n) is 4.56. The highest BCUT2D eigenvalue weighted by Gasteiger charge is 2.30. The van der Waals surface area contributed by atoms with Gasteiger partial charge in [0.2, 0.25) is 5.91 Å². The number of ether oxygens (including phenoxy) is 1. The number of hydrogen-bond acceptors (Lipinski definition) is 6. The molecule has 0 spiro atoms. The molecule has 8 nitrogen and oxygen atoms in total. The van der Waals surface area contributed by atoms with Crippen LogP contribution in [0.15, 0.2) is 24.3 Å². The standard InChI is InChI=1S/C17H24N6O2.ClH/c1-11-20-21-22-23(11)16(9-12-4-3-5-14(8-12)25-2)17(24)19-10-15(18)13-6-7-13;/h3-5,8,13,15-16H,6-7,9-10,18H2,1-2H3,(H,19,24);1H. The molecule has 2 atom stereocenters. The van der Waals surface area contributed by atoms with Crippen molar-refractivity contribution in [3.8, 4) is 5.75 Å². The molecule has 1 fully saturated rings. The van der Waals surface area contributed by atoms with Gasteiger partial charge >= 0.3 is 0 Å². The normalized spacial score (nSPS) is 15.7. The van der Waals surface area contributed by atoms with E-state index in [0.29, 0.717) is 24.7 Å². The molecule has 1 aliphatic carbocycles. The summed E-state index contributed by atoms with van der Waals surface area (Å²) in [4.78, 5) is 12.8. The molecule has 3 N–H and O–H groups in total. The average Bonchev–Trinajstić information content (AvgIpc) is 3.39. The largest absolute Gasteiger partial charge is 0.497 e. The van der Waals surface area contributed by atoms with Crippen molar-refractivity contribution in [3.05, 3.63) is 35.7 Å². The minimum absolute atomic E-state index is 0. The van der Waals surface area contributed by atoms with Crippen molar-refractivity contribution in [2.45, 2.75) is 38.3 Å². The van der Waals surface area contributed by atoms with Crippen LogP contribution in [-0.4, -0.2) is 45.8 Å². The number of nitrogens with two attached hydrogens (primary N) is 1. The lowest BCUT2D eigenvalue weighted by Gasteiger charge is -2.19. The number of aryl methyl sites for hydroxylation is 1. The molecular formula is C17H25ClN6O2. The fourth-order valence-corrected chi connectivity index (χ4v) is 2.87. The first-order valence-electron chi connectivity index (χ1n) is 8.49. The number of hydrogen-bond donors (Lipinski definition) is 2. The number of carbonyl (C=O) groups is 1. The quantitative estimate of drug-likeness (QED) is 0.708. The first kappa shape index (κ1) is 20.1. The second-order valence-corrected chi connectivity index (χ2v) is 6.49. The Bertz CT molecular complexity index is 734. The van der Waals surface area contributed by atoms with Crippen LogP contribution in [0.4, 0.5) is 0 Å². The first-order valence-corrected chi connectivity index (χ1v) is 8.49. The summed E-state index contributed by atoms with van der Waals surface area (Å²) in [7, 11) is 1.62. The summed E-state index contributed by atoms with van der Waals surface area (Å²) in [5, 5.41) is 14.5. The number of amides is 1. The number of benzene rings is 1. The Morgan fingerprint density at radius 3 is 2.85 bits per heavy atom. The summed E-state index contributed by atoms with van der Waals surface area (Å²) < 4.78 is 6.81. The average molecular weight is 381 g/mol. The number of nitrogens with zero attached hydrogens (tertiary/aromatic N) is 4. The maximum atomic E-state index is 12.8. The fraction of sp³-hybridized carbons (Fsp3) is 0.529. The van der Waals surface area contributed by atoms with E-state index < -0.39 is 6.04 Å². The Hall–Kier alpha value is -2.19. The highest BCUT2D eigenvalue weighted by atomic mass is 35.5. The Morgan fingerprint density at radius 1 is 1.46 bits per heavy atom. The van der Waals surface area contributed by atoms with Crippen molar-refractivity contribution in [1.29, 1.82) is 0 Å². The zero-order valence-corrected chi connectivity index (χ0v) is 15.8. The number of methoxy groups -OCH3 is 1. The van der Waals surface area contributed by atoms with Gasteiger partial charge in [-0.05, 0) is 53.8 Å². The Kier molecular flexibility index (Phi) is 6.93. The van der Waals surface area contributed by atoms with Gasteiger partial charge in [-0.3, -0.25) is 4.79 Å². The van der Waals surface area contributed by atoms with Crippen LogP contribution in [0.5, 0.6) is 5.75 Å². The van der Waals surface area contributed by atoms with Crippen LogP contribution in [-0.2, 0) is 11.2 Å². The molecule has 1 aromatic heterocycles. The van der Waals surface area contributed by atoms with Crippen molar-refractivity contribution < 1.29 is 9.53 Å². The van der Waals surface area contributed by atoms with Gasteiger partial charge < -0.3 is 15.8 Å². The SMILES string of the molecule is COc1cccc(CC(C(=O)NCC(N)C2CC2)n2nnnc2C)c1.Cl. The Labute approximate surface area is 158 Å². The molecule has 1 saturated carbocycles. The second-order valence-electron chi connectivity index (χ2n) is 6.49. The molecule has 0 bridgehead atoms. The van der Waals surface area contributed by atoms with Crippen LogP contribution < -0.4 is 15.8 Å². The lowest BCUT2D eigenvalue weighted by Crippen LogP contribution is -2.42.